The summed E-state index contributed by atoms with van der Waals surface area (Å²) in [6.07, 6.45) is 2.00. The van der Waals surface area contributed by atoms with Crippen molar-refractivity contribution in [3.63, 3.8) is 0 Å². The molecule has 1 saturated carbocycles. The summed E-state index contributed by atoms with van der Waals surface area (Å²) in [5, 5.41) is 12.1. The second kappa shape index (κ2) is 5.18. The van der Waals surface area contributed by atoms with E-state index in [2.05, 4.69) is 10.0 Å². The van der Waals surface area contributed by atoms with Gasteiger partial charge in [-0.25, -0.2) is 17.9 Å². The van der Waals surface area contributed by atoms with Gasteiger partial charge in [0.1, 0.15) is 4.90 Å². The van der Waals surface area contributed by atoms with Gasteiger partial charge >= 0.3 is 5.97 Å². The van der Waals surface area contributed by atoms with Crippen LogP contribution in [0.25, 0.3) is 0 Å². The topological polar surface area (TPSA) is 95.5 Å². The fraction of sp³-hybridized carbons (Fsp3) is 0.417. The summed E-state index contributed by atoms with van der Waals surface area (Å²) in [5.41, 5.74) is 0.409. The molecule has 2 rings (SSSR count). The van der Waals surface area contributed by atoms with Gasteiger partial charge in [0.05, 0.1) is 11.3 Å². The lowest BCUT2D eigenvalue weighted by Gasteiger charge is -2.13. The minimum Gasteiger partial charge on any atom is -0.478 e. The van der Waals surface area contributed by atoms with Crippen molar-refractivity contribution in [3.05, 3.63) is 23.8 Å². The van der Waals surface area contributed by atoms with Gasteiger partial charge in [0.25, 0.3) is 0 Å². The number of carboxylic acids is 1. The Bertz CT molecular complexity index is 594. The third kappa shape index (κ3) is 3.24. The molecule has 7 heteroatoms. The maximum atomic E-state index is 12.1. The number of rotatable bonds is 6. The van der Waals surface area contributed by atoms with E-state index in [0.29, 0.717) is 5.69 Å². The van der Waals surface area contributed by atoms with Crippen LogP contribution in [0.15, 0.2) is 23.1 Å². The van der Waals surface area contributed by atoms with E-state index in [9.17, 15) is 13.2 Å². The zero-order chi connectivity index (χ0) is 14.0. The van der Waals surface area contributed by atoms with Crippen molar-refractivity contribution in [2.75, 3.05) is 11.9 Å². The first-order valence-electron chi connectivity index (χ1n) is 6.07. The predicted molar refractivity (Wildman–Crippen MR) is 70.9 cm³/mol. The first-order valence-corrected chi connectivity index (χ1v) is 7.56. The molecule has 1 aliphatic carbocycles. The maximum absolute atomic E-state index is 12.1. The van der Waals surface area contributed by atoms with Crippen molar-refractivity contribution in [2.24, 2.45) is 0 Å². The highest BCUT2D eigenvalue weighted by atomic mass is 32.2. The lowest BCUT2D eigenvalue weighted by Crippen LogP contribution is -2.24. The van der Waals surface area contributed by atoms with Gasteiger partial charge in [0, 0.05) is 12.6 Å². The molecular weight excluding hydrogens is 268 g/mol. The van der Waals surface area contributed by atoms with Crippen molar-refractivity contribution in [3.8, 4) is 0 Å². The second-order valence-corrected chi connectivity index (χ2v) is 6.17. The third-order valence-electron chi connectivity index (χ3n) is 2.79. The van der Waals surface area contributed by atoms with E-state index < -0.39 is 16.0 Å². The summed E-state index contributed by atoms with van der Waals surface area (Å²) in [7, 11) is -3.69. The van der Waals surface area contributed by atoms with Crippen molar-refractivity contribution in [1.29, 1.82) is 0 Å². The zero-order valence-corrected chi connectivity index (χ0v) is 11.3. The molecule has 0 atom stereocenters. The van der Waals surface area contributed by atoms with Crippen LogP contribution >= 0.6 is 0 Å². The number of sulfonamides is 1. The van der Waals surface area contributed by atoms with Crippen LogP contribution in [0, 0.1) is 0 Å². The number of hydrogen-bond donors (Lipinski definition) is 3. The Balaban J connectivity index is 2.45. The molecular formula is C12H16N2O4S. The van der Waals surface area contributed by atoms with Crippen LogP contribution < -0.4 is 10.0 Å². The molecule has 104 valence electrons. The molecule has 1 fully saturated rings. The Morgan fingerprint density at radius 3 is 2.63 bits per heavy atom. The molecule has 0 heterocycles. The Morgan fingerprint density at radius 1 is 1.42 bits per heavy atom. The molecule has 1 aromatic carbocycles. The molecule has 6 nitrogen and oxygen atoms in total. The van der Waals surface area contributed by atoms with E-state index in [1.807, 2.05) is 0 Å². The summed E-state index contributed by atoms with van der Waals surface area (Å²) in [6.45, 7) is 1.93. The normalized spacial score (nSPS) is 15.2. The number of nitrogens with one attached hydrogen (secondary N) is 2. The third-order valence-corrected chi connectivity index (χ3v) is 4.37. The Kier molecular flexibility index (Phi) is 3.77. The molecule has 0 radical (unpaired) electrons. The van der Waals surface area contributed by atoms with E-state index in [1.54, 1.807) is 6.92 Å². The molecule has 0 spiro atoms. The molecule has 0 aliphatic heterocycles. The van der Waals surface area contributed by atoms with E-state index in [1.165, 1.54) is 18.2 Å². The van der Waals surface area contributed by atoms with Crippen LogP contribution in [0.2, 0.25) is 0 Å². The second-order valence-electron chi connectivity index (χ2n) is 4.44. The average molecular weight is 284 g/mol. The number of aromatic carboxylic acids is 1. The number of benzene rings is 1. The standard InChI is InChI=1S/C12H16N2O4S/c1-2-13-19(17,18)11-7-8(12(15)16)3-6-10(11)14-9-4-5-9/h3,6-7,9,13-14H,2,4-5H2,1H3,(H,15,16). The van der Waals surface area contributed by atoms with E-state index in [0.717, 1.165) is 12.8 Å². The SMILES string of the molecule is CCNS(=O)(=O)c1cc(C(=O)O)ccc1NC1CC1. The molecule has 1 aliphatic rings. The van der Waals surface area contributed by atoms with Gasteiger partial charge in [-0.15, -0.1) is 0 Å². The summed E-state index contributed by atoms with van der Waals surface area (Å²) in [5.74, 6) is -1.15. The summed E-state index contributed by atoms with van der Waals surface area (Å²) in [4.78, 5) is 10.9. The van der Waals surface area contributed by atoms with Crippen LogP contribution in [0.3, 0.4) is 0 Å². The maximum Gasteiger partial charge on any atom is 0.335 e. The number of hydrogen-bond acceptors (Lipinski definition) is 4. The van der Waals surface area contributed by atoms with E-state index in [4.69, 9.17) is 5.11 Å². The highest BCUT2D eigenvalue weighted by Crippen LogP contribution is 2.29. The van der Waals surface area contributed by atoms with Gasteiger partial charge in [-0.2, -0.15) is 0 Å². The van der Waals surface area contributed by atoms with Gasteiger partial charge in [-0.3, -0.25) is 0 Å². The van der Waals surface area contributed by atoms with Gasteiger partial charge in [-0.05, 0) is 31.0 Å². The highest BCUT2D eigenvalue weighted by molar-refractivity contribution is 7.89. The van der Waals surface area contributed by atoms with Crippen LogP contribution in [-0.4, -0.2) is 32.1 Å². The summed E-state index contributed by atoms with van der Waals surface area (Å²) in [6, 6.07) is 4.38. The molecule has 0 amide bonds. The average Bonchev–Trinajstić information content (AvgIpc) is 3.13. The van der Waals surface area contributed by atoms with Crippen LogP contribution in [0.5, 0.6) is 0 Å². The number of carboxylic acid groups (broad SMARTS) is 1. The Hall–Kier alpha value is -1.60. The van der Waals surface area contributed by atoms with E-state index in [-0.39, 0.29) is 23.0 Å². The minimum atomic E-state index is -3.69. The summed E-state index contributed by atoms with van der Waals surface area (Å²) >= 11 is 0. The Morgan fingerprint density at radius 2 is 2.11 bits per heavy atom. The van der Waals surface area contributed by atoms with Gasteiger partial charge in [0.2, 0.25) is 10.0 Å². The first kappa shape index (κ1) is 13.8. The number of anilines is 1. The van der Waals surface area contributed by atoms with Gasteiger partial charge in [0.15, 0.2) is 0 Å². The first-order chi connectivity index (χ1) is 8.94. The van der Waals surface area contributed by atoms with Crippen LogP contribution in [0.4, 0.5) is 5.69 Å². The quantitative estimate of drug-likeness (QED) is 0.731. The fourth-order valence-electron chi connectivity index (χ4n) is 1.71. The largest absolute Gasteiger partial charge is 0.478 e. The lowest BCUT2D eigenvalue weighted by atomic mass is 10.2. The molecule has 0 saturated heterocycles. The van der Waals surface area contributed by atoms with E-state index >= 15 is 0 Å². The van der Waals surface area contributed by atoms with Crippen molar-refractivity contribution >= 4 is 21.7 Å². The highest BCUT2D eigenvalue weighted by Gasteiger charge is 2.26. The van der Waals surface area contributed by atoms with Crippen LogP contribution in [0.1, 0.15) is 30.1 Å². The predicted octanol–water partition coefficient (Wildman–Crippen LogP) is 1.26. The molecule has 1 aromatic rings. The molecule has 3 N–H and O–H groups in total. The molecule has 0 bridgehead atoms. The van der Waals surface area contributed by atoms with Crippen molar-refractivity contribution < 1.29 is 18.3 Å². The summed E-state index contributed by atoms with van der Waals surface area (Å²) < 4.78 is 26.5. The molecule has 0 unspecified atom stereocenters. The van der Waals surface area contributed by atoms with Crippen molar-refractivity contribution in [1.82, 2.24) is 4.72 Å². The smallest absolute Gasteiger partial charge is 0.335 e. The van der Waals surface area contributed by atoms with Gasteiger partial charge in [-0.1, -0.05) is 6.92 Å². The van der Waals surface area contributed by atoms with Crippen molar-refractivity contribution in [2.45, 2.75) is 30.7 Å². The zero-order valence-electron chi connectivity index (χ0n) is 10.5. The lowest BCUT2D eigenvalue weighted by molar-refractivity contribution is 0.0696. The minimum absolute atomic E-state index is 0.0128. The Labute approximate surface area is 111 Å². The van der Waals surface area contributed by atoms with Gasteiger partial charge < -0.3 is 10.4 Å². The van der Waals surface area contributed by atoms with Crippen LogP contribution in [-0.2, 0) is 10.0 Å². The molecule has 0 aromatic heterocycles. The fourth-order valence-corrected chi connectivity index (χ4v) is 2.95. The molecule has 19 heavy (non-hydrogen) atoms. The number of carbonyl (C=O) groups is 1. The monoisotopic (exact) mass is 284 g/mol.